The summed E-state index contributed by atoms with van der Waals surface area (Å²) in [6.45, 7) is 4.37. The molecule has 0 N–H and O–H groups in total. The lowest BCUT2D eigenvalue weighted by Gasteiger charge is -2.28. The van der Waals surface area contributed by atoms with Crippen LogP contribution in [0.15, 0.2) is 46.9 Å². The summed E-state index contributed by atoms with van der Waals surface area (Å²) in [5.41, 5.74) is 3.57. The van der Waals surface area contributed by atoms with Crippen LogP contribution in [0.25, 0.3) is 0 Å². The minimum atomic E-state index is -0.639. The van der Waals surface area contributed by atoms with Crippen LogP contribution in [0, 0.1) is 6.92 Å². The molecule has 0 atom stereocenters. The lowest BCUT2D eigenvalue weighted by molar-refractivity contribution is 0.304. The van der Waals surface area contributed by atoms with Crippen molar-refractivity contribution in [2.24, 2.45) is 0 Å². The number of hydrogen-bond acceptors (Lipinski definition) is 3. The molecule has 122 valence electrons. The van der Waals surface area contributed by atoms with Crippen LogP contribution < -0.4 is 9.64 Å². The standard InChI is InChI=1S/C18H20BrNO2S/c1-14-3-2-4-18(19)17(14)13-22-16-7-5-15(6-8-16)20-9-11-23(21)12-10-20/h2-8H,9-13H2,1H3. The van der Waals surface area contributed by atoms with E-state index in [1.165, 1.54) is 16.8 Å². The van der Waals surface area contributed by atoms with Gasteiger partial charge in [0.1, 0.15) is 12.4 Å². The molecule has 1 saturated heterocycles. The van der Waals surface area contributed by atoms with Crippen LogP contribution in [-0.2, 0) is 17.4 Å². The largest absolute Gasteiger partial charge is 0.489 e. The molecule has 0 bridgehead atoms. The van der Waals surface area contributed by atoms with Crippen LogP contribution in [0.1, 0.15) is 11.1 Å². The highest BCUT2D eigenvalue weighted by Gasteiger charge is 2.15. The van der Waals surface area contributed by atoms with Crippen molar-refractivity contribution in [1.29, 1.82) is 0 Å². The first-order valence-corrected chi connectivity index (χ1v) is 9.98. The second-order valence-electron chi connectivity index (χ2n) is 5.65. The van der Waals surface area contributed by atoms with E-state index in [0.29, 0.717) is 6.61 Å². The molecule has 23 heavy (non-hydrogen) atoms. The lowest BCUT2D eigenvalue weighted by Crippen LogP contribution is -2.37. The maximum Gasteiger partial charge on any atom is 0.119 e. The van der Waals surface area contributed by atoms with Crippen molar-refractivity contribution in [2.45, 2.75) is 13.5 Å². The number of anilines is 1. The summed E-state index contributed by atoms with van der Waals surface area (Å²) >= 11 is 3.58. The molecule has 2 aromatic carbocycles. The van der Waals surface area contributed by atoms with E-state index in [1.807, 2.05) is 24.3 Å². The molecule has 1 heterocycles. The van der Waals surface area contributed by atoms with E-state index in [-0.39, 0.29) is 0 Å². The first-order valence-electron chi connectivity index (χ1n) is 7.70. The Morgan fingerprint density at radius 1 is 1.13 bits per heavy atom. The number of ether oxygens (including phenoxy) is 1. The highest BCUT2D eigenvalue weighted by Crippen LogP contribution is 2.24. The Kier molecular flexibility index (Phi) is 5.38. The number of halogens is 1. The van der Waals surface area contributed by atoms with Gasteiger partial charge >= 0.3 is 0 Å². The van der Waals surface area contributed by atoms with Crippen molar-refractivity contribution in [3.05, 3.63) is 58.1 Å². The summed E-state index contributed by atoms with van der Waals surface area (Å²) in [5.74, 6) is 2.39. The highest BCUT2D eigenvalue weighted by molar-refractivity contribution is 9.10. The van der Waals surface area contributed by atoms with Gasteiger partial charge in [0.15, 0.2) is 0 Å². The maximum absolute atomic E-state index is 11.4. The molecule has 0 radical (unpaired) electrons. The van der Waals surface area contributed by atoms with Gasteiger partial charge in [-0.2, -0.15) is 0 Å². The molecule has 3 nitrogen and oxygen atoms in total. The van der Waals surface area contributed by atoms with Crippen molar-refractivity contribution < 1.29 is 8.95 Å². The Labute approximate surface area is 148 Å². The smallest absolute Gasteiger partial charge is 0.119 e. The molecule has 1 aliphatic rings. The van der Waals surface area contributed by atoms with Gasteiger partial charge in [-0.25, -0.2) is 0 Å². The van der Waals surface area contributed by atoms with Crippen molar-refractivity contribution >= 4 is 32.4 Å². The Morgan fingerprint density at radius 3 is 2.48 bits per heavy atom. The average molecular weight is 394 g/mol. The Balaban J connectivity index is 1.63. The third-order valence-corrected chi connectivity index (χ3v) is 6.13. The number of hydrogen-bond donors (Lipinski definition) is 0. The fourth-order valence-electron chi connectivity index (χ4n) is 2.65. The Bertz CT molecular complexity index is 672. The number of rotatable bonds is 4. The molecule has 0 saturated carbocycles. The fourth-order valence-corrected chi connectivity index (χ4v) is 4.29. The predicted octanol–water partition coefficient (Wildman–Crippen LogP) is 3.91. The van der Waals surface area contributed by atoms with Crippen LogP contribution in [0.4, 0.5) is 5.69 Å². The zero-order chi connectivity index (χ0) is 16.2. The first-order chi connectivity index (χ1) is 11.1. The molecule has 1 aliphatic heterocycles. The van der Waals surface area contributed by atoms with Gasteiger partial charge in [0, 0.05) is 51.1 Å². The summed E-state index contributed by atoms with van der Waals surface area (Å²) < 4.78 is 18.4. The van der Waals surface area contributed by atoms with E-state index in [4.69, 9.17) is 4.74 Å². The normalized spacial score (nSPS) is 15.7. The molecule has 0 amide bonds. The molecule has 2 aromatic rings. The molecule has 0 aromatic heterocycles. The minimum absolute atomic E-state index is 0.551. The Hall–Kier alpha value is -1.33. The van der Waals surface area contributed by atoms with Gasteiger partial charge in [0.25, 0.3) is 0 Å². The van der Waals surface area contributed by atoms with Gasteiger partial charge in [-0.05, 0) is 42.8 Å². The summed E-state index contributed by atoms with van der Waals surface area (Å²) in [7, 11) is -0.639. The van der Waals surface area contributed by atoms with E-state index < -0.39 is 10.8 Å². The van der Waals surface area contributed by atoms with Crippen LogP contribution in [0.3, 0.4) is 0 Å². The molecular weight excluding hydrogens is 374 g/mol. The van der Waals surface area contributed by atoms with E-state index in [1.54, 1.807) is 0 Å². The summed E-state index contributed by atoms with van der Waals surface area (Å²) in [4.78, 5) is 2.28. The third-order valence-electron chi connectivity index (χ3n) is 4.12. The quantitative estimate of drug-likeness (QED) is 0.788. The Morgan fingerprint density at radius 2 is 1.83 bits per heavy atom. The minimum Gasteiger partial charge on any atom is -0.489 e. The monoisotopic (exact) mass is 393 g/mol. The summed E-state index contributed by atoms with van der Waals surface area (Å²) in [6, 6.07) is 14.3. The molecule has 1 fully saturated rings. The molecule has 5 heteroatoms. The average Bonchev–Trinajstić information content (AvgIpc) is 2.56. The topological polar surface area (TPSA) is 29.5 Å². The van der Waals surface area contributed by atoms with Crippen LogP contribution in [0.5, 0.6) is 5.75 Å². The van der Waals surface area contributed by atoms with Gasteiger partial charge in [-0.15, -0.1) is 0 Å². The van der Waals surface area contributed by atoms with Crippen molar-refractivity contribution in [3.63, 3.8) is 0 Å². The molecule has 0 spiro atoms. The lowest BCUT2D eigenvalue weighted by atomic mass is 10.1. The zero-order valence-electron chi connectivity index (χ0n) is 13.1. The third kappa shape index (κ3) is 4.15. The fraction of sp³-hybridized carbons (Fsp3) is 0.333. The zero-order valence-corrected chi connectivity index (χ0v) is 15.5. The van der Waals surface area contributed by atoms with E-state index in [0.717, 1.165) is 34.8 Å². The molecule has 0 unspecified atom stereocenters. The number of aryl methyl sites for hydroxylation is 1. The van der Waals surface area contributed by atoms with Crippen LogP contribution in [-0.4, -0.2) is 28.8 Å². The van der Waals surface area contributed by atoms with Gasteiger partial charge in [0.2, 0.25) is 0 Å². The van der Waals surface area contributed by atoms with Gasteiger partial charge < -0.3 is 9.64 Å². The van der Waals surface area contributed by atoms with Gasteiger partial charge in [0.05, 0.1) is 0 Å². The SMILES string of the molecule is Cc1cccc(Br)c1COc1ccc(N2CCS(=O)CC2)cc1. The number of benzene rings is 2. The van der Waals surface area contributed by atoms with E-state index in [2.05, 4.69) is 46.0 Å². The van der Waals surface area contributed by atoms with E-state index in [9.17, 15) is 4.21 Å². The molecule has 0 aliphatic carbocycles. The second kappa shape index (κ2) is 7.49. The van der Waals surface area contributed by atoms with Gasteiger partial charge in [-0.1, -0.05) is 28.1 Å². The second-order valence-corrected chi connectivity index (χ2v) is 8.20. The summed E-state index contributed by atoms with van der Waals surface area (Å²) in [5, 5.41) is 0. The molecular formula is C18H20BrNO2S. The van der Waals surface area contributed by atoms with Gasteiger partial charge in [-0.3, -0.25) is 4.21 Å². The van der Waals surface area contributed by atoms with Crippen molar-refractivity contribution in [1.82, 2.24) is 0 Å². The van der Waals surface area contributed by atoms with Crippen LogP contribution >= 0.6 is 15.9 Å². The maximum atomic E-state index is 11.4. The van der Waals surface area contributed by atoms with E-state index >= 15 is 0 Å². The number of nitrogens with zero attached hydrogens (tertiary/aromatic N) is 1. The highest BCUT2D eigenvalue weighted by atomic mass is 79.9. The van der Waals surface area contributed by atoms with Crippen LogP contribution in [0.2, 0.25) is 0 Å². The van der Waals surface area contributed by atoms with Crippen molar-refractivity contribution in [2.75, 3.05) is 29.5 Å². The molecule has 3 rings (SSSR count). The predicted molar refractivity (Wildman–Crippen MR) is 99.7 cm³/mol. The van der Waals surface area contributed by atoms with Crippen molar-refractivity contribution in [3.8, 4) is 5.75 Å². The first kappa shape index (κ1) is 16.5. The summed E-state index contributed by atoms with van der Waals surface area (Å²) in [6.07, 6.45) is 0.